The zero-order chi connectivity index (χ0) is 14.8. The van der Waals surface area contributed by atoms with Gasteiger partial charge in [-0.05, 0) is 18.8 Å². The van der Waals surface area contributed by atoms with Crippen molar-refractivity contribution in [3.8, 4) is 0 Å². The topological polar surface area (TPSA) is 68.0 Å². The van der Waals surface area contributed by atoms with E-state index in [0.29, 0.717) is 12.3 Å². The molecule has 0 atom stereocenters. The Kier molecular flexibility index (Phi) is 4.45. The highest BCUT2D eigenvalue weighted by Gasteiger charge is 2.40. The van der Waals surface area contributed by atoms with Crippen LogP contribution in [0.5, 0.6) is 0 Å². The van der Waals surface area contributed by atoms with Crippen LogP contribution in [0.1, 0.15) is 57.6 Å². The highest BCUT2D eigenvalue weighted by atomic mass is 16.4. The number of rotatable bonds is 5. The van der Waals surface area contributed by atoms with Gasteiger partial charge in [0.15, 0.2) is 5.82 Å². The van der Waals surface area contributed by atoms with Crippen LogP contribution in [-0.2, 0) is 24.7 Å². The SMILES string of the molecule is CC(C)Cc1nc(CC2(C(=O)O)CCCCC2)n(C)n1. The number of hydrogen-bond donors (Lipinski definition) is 1. The number of carbonyl (C=O) groups is 1. The van der Waals surface area contributed by atoms with Crippen molar-refractivity contribution in [2.75, 3.05) is 0 Å². The summed E-state index contributed by atoms with van der Waals surface area (Å²) in [7, 11) is 1.87. The molecule has 0 spiro atoms. The number of carboxylic acids is 1. The van der Waals surface area contributed by atoms with Crippen molar-refractivity contribution in [2.45, 2.75) is 58.8 Å². The molecular weight excluding hydrogens is 254 g/mol. The van der Waals surface area contributed by atoms with Gasteiger partial charge >= 0.3 is 5.97 Å². The van der Waals surface area contributed by atoms with Gasteiger partial charge in [0.25, 0.3) is 0 Å². The van der Waals surface area contributed by atoms with Crippen molar-refractivity contribution in [3.05, 3.63) is 11.6 Å². The van der Waals surface area contributed by atoms with E-state index in [4.69, 9.17) is 0 Å². The molecule has 0 bridgehead atoms. The summed E-state index contributed by atoms with van der Waals surface area (Å²) in [5.74, 6) is 1.47. The Balaban J connectivity index is 2.18. The van der Waals surface area contributed by atoms with Crippen molar-refractivity contribution in [3.63, 3.8) is 0 Å². The molecule has 1 fully saturated rings. The summed E-state index contributed by atoms with van der Waals surface area (Å²) in [5.41, 5.74) is -0.631. The van der Waals surface area contributed by atoms with Crippen LogP contribution in [0.2, 0.25) is 0 Å². The summed E-state index contributed by atoms with van der Waals surface area (Å²) in [5, 5.41) is 14.1. The van der Waals surface area contributed by atoms with E-state index in [0.717, 1.165) is 50.2 Å². The standard InChI is InChI=1S/C15H25N3O2/c1-11(2)9-12-16-13(18(3)17-12)10-15(14(19)20)7-5-4-6-8-15/h11H,4-10H2,1-3H3,(H,19,20). The third-order valence-electron chi connectivity index (χ3n) is 4.25. The van der Waals surface area contributed by atoms with Gasteiger partial charge in [-0.15, -0.1) is 0 Å². The molecule has 0 radical (unpaired) electrons. The van der Waals surface area contributed by atoms with E-state index >= 15 is 0 Å². The quantitative estimate of drug-likeness (QED) is 0.899. The highest BCUT2D eigenvalue weighted by Crippen LogP contribution is 2.39. The molecule has 112 valence electrons. The van der Waals surface area contributed by atoms with E-state index in [1.807, 2.05) is 7.05 Å². The highest BCUT2D eigenvalue weighted by molar-refractivity contribution is 5.75. The molecule has 0 amide bonds. The van der Waals surface area contributed by atoms with E-state index in [2.05, 4.69) is 23.9 Å². The molecule has 1 aliphatic rings. The third-order valence-corrected chi connectivity index (χ3v) is 4.25. The lowest BCUT2D eigenvalue weighted by atomic mass is 9.71. The largest absolute Gasteiger partial charge is 0.481 e. The second kappa shape index (κ2) is 5.94. The van der Waals surface area contributed by atoms with Gasteiger partial charge < -0.3 is 5.11 Å². The normalized spacial score (nSPS) is 18.4. The molecule has 0 aliphatic heterocycles. The van der Waals surface area contributed by atoms with Gasteiger partial charge in [-0.25, -0.2) is 4.98 Å². The summed E-state index contributed by atoms with van der Waals surface area (Å²) >= 11 is 0. The van der Waals surface area contributed by atoms with Crippen molar-refractivity contribution in [1.82, 2.24) is 14.8 Å². The van der Waals surface area contributed by atoms with E-state index < -0.39 is 11.4 Å². The maximum Gasteiger partial charge on any atom is 0.310 e. The number of aromatic nitrogens is 3. The number of hydrogen-bond acceptors (Lipinski definition) is 3. The number of carboxylic acid groups (broad SMARTS) is 1. The minimum atomic E-state index is -0.675. The molecule has 1 N–H and O–H groups in total. The Morgan fingerprint density at radius 3 is 2.55 bits per heavy atom. The first-order valence-corrected chi connectivity index (χ1v) is 7.55. The molecule has 1 aromatic rings. The first kappa shape index (κ1) is 15.0. The molecule has 5 heteroatoms. The third kappa shape index (κ3) is 3.19. The second-order valence-electron chi connectivity index (χ2n) is 6.49. The van der Waals surface area contributed by atoms with Crippen LogP contribution in [0.25, 0.3) is 0 Å². The second-order valence-corrected chi connectivity index (χ2v) is 6.49. The first-order chi connectivity index (χ1) is 9.43. The lowest BCUT2D eigenvalue weighted by Crippen LogP contribution is -2.36. The smallest absolute Gasteiger partial charge is 0.310 e. The van der Waals surface area contributed by atoms with Crippen LogP contribution in [0.15, 0.2) is 0 Å². The summed E-state index contributed by atoms with van der Waals surface area (Å²) in [6.07, 6.45) is 6.01. The zero-order valence-corrected chi connectivity index (χ0v) is 12.7. The average molecular weight is 279 g/mol. The molecule has 20 heavy (non-hydrogen) atoms. The zero-order valence-electron chi connectivity index (χ0n) is 12.7. The molecule has 5 nitrogen and oxygen atoms in total. The van der Waals surface area contributed by atoms with Gasteiger partial charge in [0.2, 0.25) is 0 Å². The van der Waals surface area contributed by atoms with Gasteiger partial charge in [0.1, 0.15) is 5.82 Å². The molecular formula is C15H25N3O2. The minimum absolute atomic E-state index is 0.504. The minimum Gasteiger partial charge on any atom is -0.481 e. The van der Waals surface area contributed by atoms with Crippen molar-refractivity contribution in [1.29, 1.82) is 0 Å². The van der Waals surface area contributed by atoms with Crippen molar-refractivity contribution in [2.24, 2.45) is 18.4 Å². The predicted octanol–water partition coefficient (Wildman–Crippen LogP) is 2.59. The summed E-state index contributed by atoms with van der Waals surface area (Å²) in [6.45, 7) is 4.27. The van der Waals surface area contributed by atoms with Gasteiger partial charge in [0.05, 0.1) is 5.41 Å². The lowest BCUT2D eigenvalue weighted by Gasteiger charge is -2.32. The van der Waals surface area contributed by atoms with Gasteiger partial charge in [-0.2, -0.15) is 5.10 Å². The Hall–Kier alpha value is -1.39. The summed E-state index contributed by atoms with van der Waals surface area (Å²) in [6, 6.07) is 0. The van der Waals surface area contributed by atoms with Gasteiger partial charge in [-0.3, -0.25) is 9.48 Å². The number of nitrogens with zero attached hydrogens (tertiary/aromatic N) is 3. The van der Waals surface area contributed by atoms with Gasteiger partial charge in [0, 0.05) is 19.9 Å². The van der Waals surface area contributed by atoms with Crippen molar-refractivity contribution >= 4 is 5.97 Å². The fourth-order valence-electron chi connectivity index (χ4n) is 3.08. The molecule has 0 saturated heterocycles. The number of aryl methyl sites for hydroxylation is 1. The molecule has 1 aliphatic carbocycles. The van der Waals surface area contributed by atoms with Crippen LogP contribution in [0.3, 0.4) is 0 Å². The number of aliphatic carboxylic acids is 1. The van der Waals surface area contributed by atoms with Crippen molar-refractivity contribution < 1.29 is 9.90 Å². The van der Waals surface area contributed by atoms with E-state index in [1.165, 1.54) is 0 Å². The van der Waals surface area contributed by atoms with Crippen LogP contribution in [0, 0.1) is 11.3 Å². The molecule has 1 saturated carbocycles. The van der Waals surface area contributed by atoms with E-state index in [9.17, 15) is 9.90 Å². The monoisotopic (exact) mass is 279 g/mol. The molecule has 1 heterocycles. The fourth-order valence-corrected chi connectivity index (χ4v) is 3.08. The van der Waals surface area contributed by atoms with E-state index in [1.54, 1.807) is 4.68 Å². The van der Waals surface area contributed by atoms with Crippen LogP contribution in [-0.4, -0.2) is 25.8 Å². The molecule has 0 unspecified atom stereocenters. The fraction of sp³-hybridized carbons (Fsp3) is 0.800. The molecule has 1 aromatic heterocycles. The van der Waals surface area contributed by atoms with Gasteiger partial charge in [-0.1, -0.05) is 33.1 Å². The summed E-state index contributed by atoms with van der Waals surface area (Å²) < 4.78 is 1.76. The lowest BCUT2D eigenvalue weighted by molar-refractivity contribution is -0.151. The first-order valence-electron chi connectivity index (χ1n) is 7.55. The Labute approximate surface area is 120 Å². The molecule has 2 rings (SSSR count). The Bertz CT molecular complexity index is 473. The Morgan fingerprint density at radius 1 is 1.35 bits per heavy atom. The Morgan fingerprint density at radius 2 is 2.00 bits per heavy atom. The maximum absolute atomic E-state index is 11.7. The summed E-state index contributed by atoms with van der Waals surface area (Å²) in [4.78, 5) is 16.3. The van der Waals surface area contributed by atoms with Crippen LogP contribution >= 0.6 is 0 Å². The predicted molar refractivity (Wildman–Crippen MR) is 76.4 cm³/mol. The average Bonchev–Trinajstić information content (AvgIpc) is 2.69. The molecule has 0 aromatic carbocycles. The maximum atomic E-state index is 11.7. The van der Waals surface area contributed by atoms with E-state index in [-0.39, 0.29) is 0 Å². The van der Waals surface area contributed by atoms with Crippen LogP contribution in [0.4, 0.5) is 0 Å². The van der Waals surface area contributed by atoms with Crippen LogP contribution < -0.4 is 0 Å².